The average Bonchev–Trinajstić information content (AvgIpc) is 2.47. The van der Waals surface area contributed by atoms with Gasteiger partial charge in [-0.1, -0.05) is 63.9 Å². The van der Waals surface area contributed by atoms with E-state index in [0.717, 1.165) is 18.4 Å². The molecule has 4 heteroatoms. The minimum atomic E-state index is -0.971. The Morgan fingerprint density at radius 1 is 1.19 bits per heavy atom. The monoisotopic (exact) mass is 291 g/mol. The van der Waals surface area contributed by atoms with Crippen molar-refractivity contribution in [2.24, 2.45) is 5.92 Å². The summed E-state index contributed by atoms with van der Waals surface area (Å²) in [5, 5.41) is 11.9. The lowest BCUT2D eigenvalue weighted by Gasteiger charge is -2.24. The fourth-order valence-electron chi connectivity index (χ4n) is 2.44. The van der Waals surface area contributed by atoms with Gasteiger partial charge in [-0.05, 0) is 17.9 Å². The van der Waals surface area contributed by atoms with Crippen LogP contribution >= 0.6 is 0 Å². The number of carbonyl (C=O) groups excluding carboxylic acids is 1. The van der Waals surface area contributed by atoms with Crippen molar-refractivity contribution in [3.8, 4) is 0 Å². The summed E-state index contributed by atoms with van der Waals surface area (Å²) in [6, 6.07) is 8.75. The Morgan fingerprint density at radius 3 is 2.29 bits per heavy atom. The molecule has 1 aromatic carbocycles. The summed E-state index contributed by atoms with van der Waals surface area (Å²) in [7, 11) is 0. The normalized spacial score (nSPS) is 15.0. The first-order valence-corrected chi connectivity index (χ1v) is 7.59. The summed E-state index contributed by atoms with van der Waals surface area (Å²) >= 11 is 0. The van der Waals surface area contributed by atoms with Crippen LogP contribution in [0.4, 0.5) is 0 Å². The number of nitrogens with one attached hydrogen (secondary N) is 1. The number of hydrogen-bond acceptors (Lipinski definition) is 2. The molecule has 0 bridgehead atoms. The van der Waals surface area contributed by atoms with Gasteiger partial charge >= 0.3 is 5.97 Å². The molecule has 0 aliphatic carbocycles. The molecule has 21 heavy (non-hydrogen) atoms. The van der Waals surface area contributed by atoms with Crippen LogP contribution < -0.4 is 5.32 Å². The highest BCUT2D eigenvalue weighted by atomic mass is 16.4. The quantitative estimate of drug-likeness (QED) is 0.773. The van der Waals surface area contributed by atoms with Crippen LogP contribution in [0.5, 0.6) is 0 Å². The maximum absolute atomic E-state index is 12.6. The largest absolute Gasteiger partial charge is 0.480 e. The molecule has 0 fully saturated rings. The van der Waals surface area contributed by atoms with Gasteiger partial charge in [0.2, 0.25) is 5.91 Å². The Labute approximate surface area is 126 Å². The van der Waals surface area contributed by atoms with Gasteiger partial charge in [0.25, 0.3) is 0 Å². The topological polar surface area (TPSA) is 66.4 Å². The SMILES string of the molecule is CCC[C@@H](NC(=O)C(c1ccccc1)C(C)CC)C(=O)O. The van der Waals surface area contributed by atoms with Gasteiger partial charge in [-0.25, -0.2) is 4.79 Å². The summed E-state index contributed by atoms with van der Waals surface area (Å²) in [5.41, 5.74) is 0.935. The number of carbonyl (C=O) groups is 2. The summed E-state index contributed by atoms with van der Waals surface area (Å²) < 4.78 is 0. The molecule has 2 unspecified atom stereocenters. The van der Waals surface area contributed by atoms with Gasteiger partial charge in [0.15, 0.2) is 0 Å². The van der Waals surface area contributed by atoms with Crippen LogP contribution in [0.25, 0.3) is 0 Å². The Bertz CT molecular complexity index is 458. The van der Waals surface area contributed by atoms with Crippen LogP contribution in [0.2, 0.25) is 0 Å². The van der Waals surface area contributed by atoms with E-state index in [1.165, 1.54) is 0 Å². The summed E-state index contributed by atoms with van der Waals surface area (Å²) in [4.78, 5) is 23.8. The van der Waals surface area contributed by atoms with E-state index in [1.807, 2.05) is 51.1 Å². The third kappa shape index (κ3) is 4.88. The lowest BCUT2D eigenvalue weighted by atomic mass is 9.84. The van der Waals surface area contributed by atoms with Crippen molar-refractivity contribution in [1.82, 2.24) is 5.32 Å². The molecular weight excluding hydrogens is 266 g/mol. The Morgan fingerprint density at radius 2 is 1.81 bits per heavy atom. The number of rotatable bonds is 8. The fraction of sp³-hybridized carbons (Fsp3) is 0.529. The molecule has 0 aromatic heterocycles. The molecule has 0 saturated heterocycles. The second-order valence-electron chi connectivity index (χ2n) is 5.46. The van der Waals surface area contributed by atoms with E-state index >= 15 is 0 Å². The van der Waals surface area contributed by atoms with E-state index in [4.69, 9.17) is 0 Å². The van der Waals surface area contributed by atoms with E-state index in [9.17, 15) is 14.7 Å². The van der Waals surface area contributed by atoms with Crippen LogP contribution in [-0.2, 0) is 9.59 Å². The molecule has 0 spiro atoms. The first-order valence-electron chi connectivity index (χ1n) is 7.59. The number of aliphatic carboxylic acids is 1. The number of carboxylic acid groups (broad SMARTS) is 1. The lowest BCUT2D eigenvalue weighted by Crippen LogP contribution is -2.44. The van der Waals surface area contributed by atoms with Gasteiger partial charge in [0, 0.05) is 0 Å². The van der Waals surface area contributed by atoms with Crippen molar-refractivity contribution in [2.45, 2.75) is 52.0 Å². The number of carboxylic acids is 1. The van der Waals surface area contributed by atoms with Crippen molar-refractivity contribution in [1.29, 1.82) is 0 Å². The third-order valence-electron chi connectivity index (χ3n) is 3.85. The Hall–Kier alpha value is -1.84. The molecule has 1 aromatic rings. The van der Waals surface area contributed by atoms with Crippen LogP contribution in [0.15, 0.2) is 30.3 Å². The summed E-state index contributed by atoms with van der Waals surface area (Å²) in [6.45, 7) is 5.97. The van der Waals surface area contributed by atoms with Crippen molar-refractivity contribution < 1.29 is 14.7 Å². The van der Waals surface area contributed by atoms with E-state index in [1.54, 1.807) is 0 Å². The minimum absolute atomic E-state index is 0.156. The molecule has 1 rings (SSSR count). The Kier molecular flexibility index (Phi) is 6.92. The fourth-order valence-corrected chi connectivity index (χ4v) is 2.44. The minimum Gasteiger partial charge on any atom is -0.480 e. The molecule has 1 amide bonds. The van der Waals surface area contributed by atoms with E-state index < -0.39 is 12.0 Å². The number of amides is 1. The molecular formula is C17H25NO3. The highest BCUT2D eigenvalue weighted by molar-refractivity contribution is 5.88. The van der Waals surface area contributed by atoms with Crippen LogP contribution in [0.3, 0.4) is 0 Å². The molecule has 4 nitrogen and oxygen atoms in total. The lowest BCUT2D eigenvalue weighted by molar-refractivity contribution is -0.142. The van der Waals surface area contributed by atoms with Gasteiger partial charge in [-0.3, -0.25) is 4.79 Å². The second-order valence-corrected chi connectivity index (χ2v) is 5.46. The molecule has 2 N–H and O–H groups in total. The van der Waals surface area contributed by atoms with E-state index in [0.29, 0.717) is 6.42 Å². The highest BCUT2D eigenvalue weighted by Gasteiger charge is 2.29. The smallest absolute Gasteiger partial charge is 0.326 e. The zero-order chi connectivity index (χ0) is 15.8. The second kappa shape index (κ2) is 8.45. The average molecular weight is 291 g/mol. The van der Waals surface area contributed by atoms with Crippen molar-refractivity contribution in [2.75, 3.05) is 0 Å². The molecule has 0 aliphatic heterocycles. The Balaban J connectivity index is 2.93. The van der Waals surface area contributed by atoms with Crippen molar-refractivity contribution in [3.63, 3.8) is 0 Å². The first kappa shape index (κ1) is 17.2. The van der Waals surface area contributed by atoms with Crippen LogP contribution in [0, 0.1) is 5.92 Å². The summed E-state index contributed by atoms with van der Waals surface area (Å²) in [6.07, 6.45) is 2.03. The molecule has 0 aliphatic rings. The predicted octanol–water partition coefficient (Wildman–Crippen LogP) is 3.19. The molecule has 3 atom stereocenters. The van der Waals surface area contributed by atoms with Gasteiger partial charge in [-0.2, -0.15) is 0 Å². The molecule has 0 saturated carbocycles. The standard InChI is InChI=1S/C17H25NO3/c1-4-9-14(17(20)21)18-16(19)15(12(3)5-2)13-10-7-6-8-11-13/h6-8,10-12,14-15H,4-5,9H2,1-3H3,(H,18,19)(H,20,21)/t12?,14-,15?/m1/s1. The van der Waals surface area contributed by atoms with Crippen LogP contribution in [-0.4, -0.2) is 23.0 Å². The molecule has 116 valence electrons. The van der Waals surface area contributed by atoms with E-state index in [2.05, 4.69) is 5.32 Å². The first-order chi connectivity index (χ1) is 10.0. The zero-order valence-electron chi connectivity index (χ0n) is 13.0. The number of benzene rings is 1. The van der Waals surface area contributed by atoms with Crippen LogP contribution in [0.1, 0.15) is 51.5 Å². The van der Waals surface area contributed by atoms with Gasteiger partial charge in [0.1, 0.15) is 6.04 Å². The predicted molar refractivity (Wildman–Crippen MR) is 83.1 cm³/mol. The van der Waals surface area contributed by atoms with Gasteiger partial charge < -0.3 is 10.4 Å². The van der Waals surface area contributed by atoms with Gasteiger partial charge in [0.05, 0.1) is 5.92 Å². The van der Waals surface area contributed by atoms with E-state index in [-0.39, 0.29) is 17.7 Å². The molecule has 0 heterocycles. The third-order valence-corrected chi connectivity index (χ3v) is 3.85. The zero-order valence-corrected chi connectivity index (χ0v) is 13.0. The molecule has 0 radical (unpaired) electrons. The maximum atomic E-state index is 12.6. The van der Waals surface area contributed by atoms with Crippen molar-refractivity contribution in [3.05, 3.63) is 35.9 Å². The maximum Gasteiger partial charge on any atom is 0.326 e. The number of hydrogen-bond donors (Lipinski definition) is 2. The highest BCUT2D eigenvalue weighted by Crippen LogP contribution is 2.27. The van der Waals surface area contributed by atoms with Gasteiger partial charge in [-0.15, -0.1) is 0 Å². The summed E-state index contributed by atoms with van der Waals surface area (Å²) in [5.74, 6) is -1.32. The van der Waals surface area contributed by atoms with Crippen molar-refractivity contribution >= 4 is 11.9 Å².